The number of nitrogens with one attached hydrogen (secondary N) is 1. The van der Waals surface area contributed by atoms with Gasteiger partial charge in [0.15, 0.2) is 0 Å². The highest BCUT2D eigenvalue weighted by Gasteiger charge is 2.52. The van der Waals surface area contributed by atoms with Crippen molar-refractivity contribution >= 4 is 26.8 Å². The minimum atomic E-state index is -2.95. The summed E-state index contributed by atoms with van der Waals surface area (Å²) in [6, 6.07) is 6.07. The van der Waals surface area contributed by atoms with Gasteiger partial charge in [-0.05, 0) is 32.0 Å². The first-order chi connectivity index (χ1) is 15.1. The molecule has 1 N–H and O–H groups in total. The Morgan fingerprint density at radius 3 is 2.50 bits per heavy atom. The van der Waals surface area contributed by atoms with Crippen molar-refractivity contribution in [3.63, 3.8) is 0 Å². The van der Waals surface area contributed by atoms with Crippen molar-refractivity contribution in [1.82, 2.24) is 9.80 Å². The zero-order valence-electron chi connectivity index (χ0n) is 18.5. The molecule has 9 heteroatoms. The van der Waals surface area contributed by atoms with Crippen molar-refractivity contribution in [1.29, 1.82) is 0 Å². The smallest absolute Gasteiger partial charge is 0.335 e. The first-order valence-corrected chi connectivity index (χ1v) is 11.7. The molecule has 32 heavy (non-hydrogen) atoms. The van der Waals surface area contributed by atoms with Crippen LogP contribution in [-0.2, 0) is 20.0 Å². The molecule has 0 radical (unpaired) electrons. The Hall–Kier alpha value is -2.05. The fraction of sp³-hybridized carbons (Fsp3) is 0.565. The molecule has 1 aromatic carbocycles. The van der Waals surface area contributed by atoms with Crippen LogP contribution in [0.3, 0.4) is 0 Å². The van der Waals surface area contributed by atoms with Gasteiger partial charge in [0.1, 0.15) is 5.60 Å². The summed E-state index contributed by atoms with van der Waals surface area (Å²) in [6.45, 7) is 7.37. The first-order valence-electron chi connectivity index (χ1n) is 11.1. The Bertz CT molecular complexity index is 921. The van der Waals surface area contributed by atoms with E-state index >= 15 is 0 Å². The minimum Gasteiger partial charge on any atom is -0.450 e. The summed E-state index contributed by atoms with van der Waals surface area (Å²) in [5, 5.41) is 3.33. The van der Waals surface area contributed by atoms with Crippen LogP contribution in [0, 0.1) is 0 Å². The van der Waals surface area contributed by atoms with Crippen molar-refractivity contribution in [2.75, 3.05) is 38.0 Å². The summed E-state index contributed by atoms with van der Waals surface area (Å²) in [5.74, 6) is -0.515. The number of carbonyl (C=O) groups excluding carboxylic acids is 2. The lowest BCUT2D eigenvalue weighted by Crippen LogP contribution is -2.49. The lowest BCUT2D eigenvalue weighted by atomic mass is 9.82. The fourth-order valence-corrected chi connectivity index (χ4v) is 5.12. The van der Waals surface area contributed by atoms with Crippen LogP contribution < -0.4 is 5.32 Å². The number of hydrogen-bond acceptors (Lipinski definition) is 5. The number of rotatable bonds is 5. The van der Waals surface area contributed by atoms with Gasteiger partial charge in [-0.1, -0.05) is 28.3 Å². The Morgan fingerprint density at radius 1 is 1.25 bits per heavy atom. The zero-order chi connectivity index (χ0) is 23.1. The van der Waals surface area contributed by atoms with E-state index in [9.17, 15) is 18.4 Å². The maximum atomic E-state index is 13.5. The van der Waals surface area contributed by atoms with Gasteiger partial charge < -0.3 is 19.9 Å². The molecule has 3 aliphatic rings. The molecule has 3 heterocycles. The number of nitrogens with zero attached hydrogens (tertiary/aromatic N) is 2. The molecule has 2 saturated heterocycles. The van der Waals surface area contributed by atoms with Crippen molar-refractivity contribution in [3.8, 4) is 0 Å². The summed E-state index contributed by atoms with van der Waals surface area (Å²) in [6.07, 6.45) is 2.01. The molecule has 6 nitrogen and oxygen atoms in total. The average molecular weight is 465 g/mol. The average Bonchev–Trinajstić information content (AvgIpc) is 3.31. The van der Waals surface area contributed by atoms with E-state index in [1.807, 2.05) is 0 Å². The SMILES string of the molecule is CCN1CCC2(CC1)OC(=O)C(C)=C2C(=O)N1CCC(Nc2ccc(C(F)(F)P)cc2)C1. The second kappa shape index (κ2) is 8.71. The Balaban J connectivity index is 1.43. The van der Waals surface area contributed by atoms with Crippen molar-refractivity contribution in [3.05, 3.63) is 41.0 Å². The normalized spacial score (nSPS) is 23.7. The van der Waals surface area contributed by atoms with Gasteiger partial charge >= 0.3 is 5.97 Å². The lowest BCUT2D eigenvalue weighted by molar-refractivity contribution is -0.151. The molecule has 3 aliphatic heterocycles. The Morgan fingerprint density at radius 2 is 1.91 bits per heavy atom. The van der Waals surface area contributed by atoms with E-state index in [1.165, 1.54) is 21.4 Å². The van der Waals surface area contributed by atoms with Crippen LogP contribution in [0.5, 0.6) is 0 Å². The second-order valence-electron chi connectivity index (χ2n) is 8.90. The summed E-state index contributed by atoms with van der Waals surface area (Å²) in [4.78, 5) is 30.0. The van der Waals surface area contributed by atoms with Crippen LogP contribution >= 0.6 is 9.24 Å². The van der Waals surface area contributed by atoms with E-state index in [1.54, 1.807) is 24.0 Å². The number of amides is 1. The quantitative estimate of drug-likeness (QED) is 0.534. The van der Waals surface area contributed by atoms with Gasteiger partial charge in [0.2, 0.25) is 0 Å². The van der Waals surface area contributed by atoms with Crippen LogP contribution in [0.2, 0.25) is 0 Å². The molecular weight excluding hydrogens is 435 g/mol. The van der Waals surface area contributed by atoms with E-state index < -0.39 is 17.2 Å². The maximum absolute atomic E-state index is 13.5. The van der Waals surface area contributed by atoms with E-state index in [4.69, 9.17) is 4.74 Å². The summed E-state index contributed by atoms with van der Waals surface area (Å²) in [5.41, 5.74) is -2.15. The van der Waals surface area contributed by atoms with E-state index in [-0.39, 0.29) is 17.5 Å². The third-order valence-corrected chi connectivity index (χ3v) is 7.20. The van der Waals surface area contributed by atoms with E-state index in [0.29, 0.717) is 37.1 Å². The first kappa shape index (κ1) is 23.1. The number of halogens is 2. The third kappa shape index (κ3) is 4.40. The van der Waals surface area contributed by atoms with Crippen LogP contribution in [0.1, 0.15) is 38.7 Å². The van der Waals surface area contributed by atoms with Crippen LogP contribution in [0.15, 0.2) is 35.4 Å². The van der Waals surface area contributed by atoms with Gasteiger partial charge in [-0.15, -0.1) is 0 Å². The molecule has 0 saturated carbocycles. The summed E-state index contributed by atoms with van der Waals surface area (Å²) in [7, 11) is 1.54. The Kier molecular flexibility index (Phi) is 6.29. The van der Waals surface area contributed by atoms with Gasteiger partial charge in [-0.3, -0.25) is 4.79 Å². The molecule has 1 amide bonds. The van der Waals surface area contributed by atoms with Crippen LogP contribution in [0.25, 0.3) is 0 Å². The molecule has 174 valence electrons. The number of ether oxygens (including phenoxy) is 1. The molecular formula is C23H30F2N3O3P. The van der Waals surface area contributed by atoms with Crippen molar-refractivity contribution in [2.24, 2.45) is 0 Å². The minimum absolute atomic E-state index is 0.0122. The summed E-state index contributed by atoms with van der Waals surface area (Å²) < 4.78 is 32.6. The lowest BCUT2D eigenvalue weighted by Gasteiger charge is -2.39. The van der Waals surface area contributed by atoms with E-state index in [0.717, 1.165) is 31.7 Å². The number of carbonyl (C=O) groups is 2. The number of esters is 1. The van der Waals surface area contributed by atoms with Crippen molar-refractivity contribution in [2.45, 2.75) is 50.4 Å². The van der Waals surface area contributed by atoms with Gasteiger partial charge in [0, 0.05) is 61.9 Å². The maximum Gasteiger partial charge on any atom is 0.335 e. The van der Waals surface area contributed by atoms with E-state index in [2.05, 4.69) is 17.1 Å². The third-order valence-electron chi connectivity index (χ3n) is 6.87. The topological polar surface area (TPSA) is 61.9 Å². The molecule has 0 aliphatic carbocycles. The number of alkyl halides is 2. The molecule has 0 aromatic heterocycles. The zero-order valence-corrected chi connectivity index (χ0v) is 19.7. The molecule has 2 fully saturated rings. The van der Waals surface area contributed by atoms with Crippen LogP contribution in [0.4, 0.5) is 14.5 Å². The predicted octanol–water partition coefficient (Wildman–Crippen LogP) is 3.35. The Labute approximate surface area is 189 Å². The number of anilines is 1. The highest BCUT2D eigenvalue weighted by molar-refractivity contribution is 7.17. The molecule has 4 rings (SSSR count). The monoisotopic (exact) mass is 465 g/mol. The molecule has 2 unspecified atom stereocenters. The largest absolute Gasteiger partial charge is 0.450 e. The second-order valence-corrected chi connectivity index (χ2v) is 9.62. The molecule has 2 atom stereocenters. The highest BCUT2D eigenvalue weighted by atomic mass is 31.0. The van der Waals surface area contributed by atoms with Gasteiger partial charge in [-0.2, -0.15) is 8.78 Å². The van der Waals surface area contributed by atoms with Gasteiger partial charge in [-0.25, -0.2) is 4.79 Å². The molecule has 0 bridgehead atoms. The molecule has 1 aromatic rings. The highest BCUT2D eigenvalue weighted by Crippen LogP contribution is 2.42. The number of piperidine rings is 1. The van der Waals surface area contributed by atoms with Crippen molar-refractivity contribution < 1.29 is 23.1 Å². The number of hydrogen-bond donors (Lipinski definition) is 1. The van der Waals surface area contributed by atoms with Gasteiger partial charge in [0.25, 0.3) is 11.6 Å². The van der Waals surface area contributed by atoms with Crippen LogP contribution in [-0.4, -0.2) is 66.0 Å². The standard InChI is InChI=1S/C23H30F2N3O3P/c1-3-27-12-9-22(10-13-27)19(15(2)21(30)31-22)20(29)28-11-8-18(14-28)26-17-6-4-16(5-7-17)23(24,25)32/h4-7,18,26H,3,8-14,32H2,1-2H3. The van der Waals surface area contributed by atoms with Gasteiger partial charge in [0.05, 0.1) is 5.57 Å². The number of likely N-dealkylation sites (tertiary alicyclic amines) is 2. The number of benzene rings is 1. The molecule has 1 spiro atoms. The fourth-order valence-electron chi connectivity index (χ4n) is 4.93. The predicted molar refractivity (Wildman–Crippen MR) is 122 cm³/mol. The summed E-state index contributed by atoms with van der Waals surface area (Å²) >= 11 is 0.